The lowest BCUT2D eigenvalue weighted by Crippen LogP contribution is -2.31. The summed E-state index contributed by atoms with van der Waals surface area (Å²) in [5.74, 6) is 0. The fourth-order valence-electron chi connectivity index (χ4n) is 18.5. The van der Waals surface area contributed by atoms with Crippen LogP contribution in [0.5, 0.6) is 0 Å². The summed E-state index contributed by atoms with van der Waals surface area (Å²) < 4.78 is 5.41. The molecule has 626 valence electrons. The van der Waals surface area contributed by atoms with Crippen LogP contribution in [-0.2, 0) is 0 Å². The molecule has 0 aliphatic heterocycles. The Labute approximate surface area is 804 Å². The van der Waals surface area contributed by atoms with Gasteiger partial charge in [0.25, 0.3) is 0 Å². The number of halogens is 5. The zero-order chi connectivity index (χ0) is 89.4. The molecule has 0 saturated heterocycles. The van der Waals surface area contributed by atoms with E-state index in [1.165, 1.54) is 164 Å². The van der Waals surface area contributed by atoms with Gasteiger partial charge < -0.3 is 20.1 Å². The van der Waals surface area contributed by atoms with Gasteiger partial charge in [-0.3, -0.25) is 0 Å². The summed E-state index contributed by atoms with van der Waals surface area (Å²) in [5.41, 5.74) is 23.2. The molecule has 0 aromatic heterocycles. The smallest absolute Gasteiger partial charge is 0.423 e. The molecule has 0 fully saturated rings. The van der Waals surface area contributed by atoms with Gasteiger partial charge in [-0.15, -0.1) is 0 Å². The molecule has 0 spiro atoms. The summed E-state index contributed by atoms with van der Waals surface area (Å²) in [6.07, 6.45) is 0. The van der Waals surface area contributed by atoms with E-state index in [-0.39, 0.29) is 0 Å². The van der Waals surface area contributed by atoms with Crippen molar-refractivity contribution in [3.8, 4) is 100 Å². The van der Waals surface area contributed by atoms with Crippen molar-refractivity contribution < 1.29 is 20.1 Å². The van der Waals surface area contributed by atoms with Crippen LogP contribution in [-0.4, -0.2) is 34.3 Å². The molecule has 23 aromatic carbocycles. The largest absolute Gasteiger partial charge is 0.489 e. The molecule has 23 aromatic rings. The molecule has 4 nitrogen and oxygen atoms in total. The quantitative estimate of drug-likeness (QED) is 0.0768. The molecule has 11 heteroatoms. The SMILES string of the molecule is Brc1ccc(-c2cccc3c(-c4ccc(Br)cc4)cccc23)cc1.Brc1cccc2c(Br)cccc12.OB(O)c1c2ccccc2c(-c2ccccc2)c2ccccc12.OB(O)c1ccc(Br)cc1.c1ccc(-c2c3ccccc3c(-c3ccc(-c4cccc5c(-c6ccc(-c7c8ccccc8c(-c8ccccc8)c8ccccc78)cc6)cccc45)cc3)c3ccccc23)cc1. The second-order valence-corrected chi connectivity index (χ2v) is 36.6. The molecule has 0 aliphatic carbocycles. The van der Waals surface area contributed by atoms with E-state index in [0.717, 1.165) is 55.0 Å². The monoisotopic (exact) mass is 2000 g/mol. The van der Waals surface area contributed by atoms with Crippen molar-refractivity contribution in [2.75, 3.05) is 0 Å². The number of hydrogen-bond acceptors (Lipinski definition) is 4. The predicted octanol–water partition coefficient (Wildman–Crippen LogP) is 33.0. The first-order chi connectivity index (χ1) is 64.3. The lowest BCUT2D eigenvalue weighted by atomic mass is 9.72. The second kappa shape index (κ2) is 39.6. The number of benzene rings is 23. The van der Waals surface area contributed by atoms with E-state index in [4.69, 9.17) is 10.0 Å². The van der Waals surface area contributed by atoms with Crippen LogP contribution in [0.25, 0.3) is 197 Å². The third kappa shape index (κ3) is 18.2. The summed E-state index contributed by atoms with van der Waals surface area (Å²) in [6, 6.07) is 164. The Morgan fingerprint density at radius 2 is 0.321 bits per heavy atom. The molecule has 23 rings (SSSR count). The maximum Gasteiger partial charge on any atom is 0.489 e. The summed E-state index contributed by atoms with van der Waals surface area (Å²) in [5, 5.41) is 58.7. The standard InChI is InChI=1S/C62H40.C22H14Br2.C20H15BO2.C10H6Br2.C6H6BBrO2/c1-3-17-43(18-4-1)59-51-21-7-11-25-55(51)61(56-26-12-8-22-52(56)59)45-37-33-41(34-38-45)47-29-15-32-50-48(30-16-31-49(47)50)42-35-39-46(40-36-42)62-57-27-13-9-23-53(57)60(44-19-5-2-6-20-44)54-24-10-14-28-58(54)62;23-17-11-7-15(8-12-17)19-3-1-5-21-20(4-2-6-22(19)21)16-9-13-18(24)14-10-16;22-21(23)20-17-12-6-4-10-15(17)19(14-8-2-1-3-9-14)16-11-5-7-13-18(16)20;11-9-5-1-3-7-8(9)4-2-6-10(7)12;8-6-3-1-5(2-4-6)7(9)10/h1-40H;1-14H;1-13,22-23H;1-6H;1-4,9-10H. The molecule has 131 heavy (non-hydrogen) atoms. The number of rotatable bonds is 11. The molecule has 0 atom stereocenters. The van der Waals surface area contributed by atoms with Crippen molar-refractivity contribution in [3.63, 3.8) is 0 Å². The third-order valence-electron chi connectivity index (χ3n) is 24.4. The van der Waals surface area contributed by atoms with Crippen LogP contribution in [0.1, 0.15) is 0 Å². The minimum absolute atomic E-state index is 0.503. The maximum absolute atomic E-state index is 9.94. The van der Waals surface area contributed by atoms with Gasteiger partial charge in [0.1, 0.15) is 0 Å². The average molecular weight is 2010 g/mol. The molecule has 0 aliphatic rings. The summed E-state index contributed by atoms with van der Waals surface area (Å²) in [7, 11) is -2.87. The molecule has 0 radical (unpaired) electrons. The Morgan fingerprint density at radius 1 is 0.137 bits per heavy atom. The Bertz CT molecular complexity index is 7570. The van der Waals surface area contributed by atoms with Crippen LogP contribution in [0.2, 0.25) is 0 Å². The summed E-state index contributed by atoms with van der Waals surface area (Å²) >= 11 is 17.3. The molecule has 0 amide bonds. The molecule has 0 bridgehead atoms. The Morgan fingerprint density at radius 3 is 0.565 bits per heavy atom. The predicted molar refractivity (Wildman–Crippen MR) is 577 cm³/mol. The van der Waals surface area contributed by atoms with Crippen molar-refractivity contribution in [1.82, 2.24) is 0 Å². The lowest BCUT2D eigenvalue weighted by Gasteiger charge is -2.18. The minimum Gasteiger partial charge on any atom is -0.423 e. The van der Waals surface area contributed by atoms with Gasteiger partial charge in [-0.05, 0) is 257 Å². The highest BCUT2D eigenvalue weighted by atomic mass is 79.9. The summed E-state index contributed by atoms with van der Waals surface area (Å²) in [4.78, 5) is 0. The van der Waals surface area contributed by atoms with Gasteiger partial charge >= 0.3 is 14.2 Å². The number of hydrogen-bond donors (Lipinski definition) is 4. The zero-order valence-electron chi connectivity index (χ0n) is 70.8. The van der Waals surface area contributed by atoms with Crippen LogP contribution in [0.15, 0.2) is 489 Å². The highest BCUT2D eigenvalue weighted by Crippen LogP contribution is 2.48. The molecular formula is C120H81B2Br5O4. The van der Waals surface area contributed by atoms with Crippen LogP contribution in [0.3, 0.4) is 0 Å². The van der Waals surface area contributed by atoms with Gasteiger partial charge in [-0.1, -0.05) is 498 Å². The fourth-order valence-corrected chi connectivity index (χ4v) is 20.2. The van der Waals surface area contributed by atoms with Crippen LogP contribution in [0.4, 0.5) is 0 Å². The van der Waals surface area contributed by atoms with Crippen molar-refractivity contribution in [3.05, 3.63) is 489 Å². The van der Waals surface area contributed by atoms with E-state index in [0.29, 0.717) is 10.9 Å². The Balaban J connectivity index is 0.000000130. The third-order valence-corrected chi connectivity index (χ3v) is 27.4. The number of fused-ring (bicyclic) bond motifs is 9. The van der Waals surface area contributed by atoms with Crippen LogP contribution < -0.4 is 10.9 Å². The van der Waals surface area contributed by atoms with Gasteiger partial charge in [0.15, 0.2) is 0 Å². The van der Waals surface area contributed by atoms with Crippen molar-refractivity contribution in [1.29, 1.82) is 0 Å². The van der Waals surface area contributed by atoms with E-state index in [9.17, 15) is 10.0 Å². The van der Waals surface area contributed by atoms with Gasteiger partial charge in [-0.25, -0.2) is 0 Å². The molecular weight excluding hydrogens is 1930 g/mol. The second-order valence-electron chi connectivity index (χ2n) is 32.1. The van der Waals surface area contributed by atoms with E-state index in [1.54, 1.807) is 24.3 Å². The minimum atomic E-state index is -1.50. The van der Waals surface area contributed by atoms with Crippen LogP contribution in [0, 0.1) is 0 Å². The fraction of sp³-hybridized carbons (Fsp3) is 0. The van der Waals surface area contributed by atoms with Crippen molar-refractivity contribution >= 4 is 202 Å². The topological polar surface area (TPSA) is 80.9 Å². The zero-order valence-corrected chi connectivity index (χ0v) is 78.7. The average Bonchev–Trinajstić information content (AvgIpc) is 0.744. The lowest BCUT2D eigenvalue weighted by molar-refractivity contribution is 0.425. The van der Waals surface area contributed by atoms with Crippen molar-refractivity contribution in [2.24, 2.45) is 0 Å². The molecule has 0 saturated carbocycles. The molecule has 0 unspecified atom stereocenters. The van der Waals surface area contributed by atoms with Gasteiger partial charge in [0.05, 0.1) is 0 Å². The first kappa shape index (κ1) is 87.1. The van der Waals surface area contributed by atoms with E-state index in [1.807, 2.05) is 78.9 Å². The Hall–Kier alpha value is -13.2. The van der Waals surface area contributed by atoms with E-state index in [2.05, 4.69) is 444 Å². The van der Waals surface area contributed by atoms with E-state index >= 15 is 0 Å². The Kier molecular flexibility index (Phi) is 26.3. The highest BCUT2D eigenvalue weighted by molar-refractivity contribution is 9.11. The maximum atomic E-state index is 9.94. The van der Waals surface area contributed by atoms with E-state index < -0.39 is 14.2 Å². The highest BCUT2D eigenvalue weighted by Gasteiger charge is 2.24. The first-order valence-electron chi connectivity index (χ1n) is 43.3. The normalized spacial score (nSPS) is 11.1. The molecule has 0 heterocycles. The summed E-state index contributed by atoms with van der Waals surface area (Å²) in [6.45, 7) is 0. The van der Waals surface area contributed by atoms with Gasteiger partial charge in [0, 0.05) is 22.4 Å². The first-order valence-corrected chi connectivity index (χ1v) is 47.3. The van der Waals surface area contributed by atoms with Gasteiger partial charge in [-0.2, -0.15) is 0 Å². The van der Waals surface area contributed by atoms with Crippen molar-refractivity contribution in [2.45, 2.75) is 0 Å². The molecule has 4 N–H and O–H groups in total. The van der Waals surface area contributed by atoms with Gasteiger partial charge in [0.2, 0.25) is 0 Å². The van der Waals surface area contributed by atoms with Crippen LogP contribution >= 0.6 is 79.6 Å².